The van der Waals surface area contributed by atoms with Crippen LogP contribution in [-0.4, -0.2) is 48.9 Å². The zero-order valence-corrected chi connectivity index (χ0v) is 17.8. The smallest absolute Gasteiger partial charge is 0.239 e. The Balaban J connectivity index is 1.34. The van der Waals surface area contributed by atoms with Crippen molar-refractivity contribution in [1.29, 1.82) is 0 Å². The van der Waals surface area contributed by atoms with E-state index in [9.17, 15) is 14.4 Å². The van der Waals surface area contributed by atoms with Gasteiger partial charge in [0, 0.05) is 31.0 Å². The van der Waals surface area contributed by atoms with Gasteiger partial charge < -0.3 is 20.9 Å². The summed E-state index contributed by atoms with van der Waals surface area (Å²) in [6, 6.07) is 15.4. The summed E-state index contributed by atoms with van der Waals surface area (Å²) >= 11 is 1.28. The highest BCUT2D eigenvalue weighted by Gasteiger charge is 2.16. The Morgan fingerprint density at radius 2 is 1.73 bits per heavy atom. The number of hydrogen-bond acceptors (Lipinski definition) is 5. The van der Waals surface area contributed by atoms with Crippen molar-refractivity contribution >= 4 is 40.9 Å². The van der Waals surface area contributed by atoms with Crippen molar-refractivity contribution in [2.75, 3.05) is 41.4 Å². The fraction of sp³-hybridized carbons (Fsp3) is 0.318. The average Bonchev–Trinajstić information content (AvgIpc) is 2.74. The molecule has 1 aliphatic heterocycles. The number of hydrogen-bond donors (Lipinski definition) is 3. The molecule has 1 fully saturated rings. The first-order valence-electron chi connectivity index (χ1n) is 9.81. The summed E-state index contributed by atoms with van der Waals surface area (Å²) in [5.74, 6) is 0.239. The van der Waals surface area contributed by atoms with Gasteiger partial charge in [0.1, 0.15) is 0 Å². The number of carbonyl (C=O) groups excluding carboxylic acids is 3. The molecule has 3 rings (SSSR count). The summed E-state index contributed by atoms with van der Waals surface area (Å²) in [6.45, 7) is 4.22. The van der Waals surface area contributed by atoms with E-state index in [2.05, 4.69) is 16.0 Å². The van der Waals surface area contributed by atoms with Gasteiger partial charge in [0.2, 0.25) is 17.7 Å². The van der Waals surface area contributed by atoms with E-state index in [-0.39, 0.29) is 29.2 Å². The number of rotatable bonds is 8. The molecule has 0 bridgehead atoms. The highest BCUT2D eigenvalue weighted by molar-refractivity contribution is 8.00. The van der Waals surface area contributed by atoms with E-state index in [4.69, 9.17) is 0 Å². The van der Waals surface area contributed by atoms with Crippen LogP contribution < -0.4 is 20.9 Å². The third-order valence-electron chi connectivity index (χ3n) is 4.63. The number of nitrogens with one attached hydrogen (secondary N) is 3. The maximum absolute atomic E-state index is 12.0. The molecule has 0 aromatic heterocycles. The zero-order chi connectivity index (χ0) is 21.3. The van der Waals surface area contributed by atoms with Crippen molar-refractivity contribution < 1.29 is 14.4 Å². The number of carbonyl (C=O) groups is 3. The van der Waals surface area contributed by atoms with Gasteiger partial charge in [-0.05, 0) is 36.8 Å². The normalized spacial score (nSPS) is 13.5. The van der Waals surface area contributed by atoms with Crippen molar-refractivity contribution in [1.82, 2.24) is 10.6 Å². The second kappa shape index (κ2) is 10.7. The number of thioether (sulfide) groups is 1. The minimum Gasteiger partial charge on any atom is -0.360 e. The summed E-state index contributed by atoms with van der Waals surface area (Å²) < 4.78 is 0. The molecule has 3 amide bonds. The lowest BCUT2D eigenvalue weighted by Crippen LogP contribution is -2.47. The van der Waals surface area contributed by atoms with Crippen LogP contribution in [0.2, 0.25) is 0 Å². The Labute approximate surface area is 180 Å². The lowest BCUT2D eigenvalue weighted by molar-refractivity contribution is -0.120. The number of anilines is 2. The molecular formula is C22H26N4O3S. The van der Waals surface area contributed by atoms with Crippen LogP contribution in [0.25, 0.3) is 0 Å². The molecule has 3 N–H and O–H groups in total. The van der Waals surface area contributed by atoms with Gasteiger partial charge >= 0.3 is 0 Å². The Morgan fingerprint density at radius 3 is 2.43 bits per heavy atom. The van der Waals surface area contributed by atoms with Crippen molar-refractivity contribution in [2.24, 2.45) is 0 Å². The molecule has 0 atom stereocenters. The van der Waals surface area contributed by atoms with Crippen molar-refractivity contribution in [3.8, 4) is 0 Å². The van der Waals surface area contributed by atoms with Gasteiger partial charge in [-0.1, -0.05) is 29.8 Å². The molecule has 0 saturated carbocycles. The third-order valence-corrected chi connectivity index (χ3v) is 5.56. The first-order chi connectivity index (χ1) is 14.5. The Kier molecular flexibility index (Phi) is 7.73. The lowest BCUT2D eigenvalue weighted by atomic mass is 10.2. The second-order valence-electron chi connectivity index (χ2n) is 7.12. The molecule has 2 aromatic carbocycles. The largest absolute Gasteiger partial charge is 0.360 e. The highest BCUT2D eigenvalue weighted by atomic mass is 32.2. The summed E-state index contributed by atoms with van der Waals surface area (Å²) in [4.78, 5) is 37.5. The minimum atomic E-state index is -0.126. The first-order valence-corrected chi connectivity index (χ1v) is 11.0. The number of piperazine rings is 1. The van der Waals surface area contributed by atoms with Gasteiger partial charge in [0.25, 0.3) is 0 Å². The van der Waals surface area contributed by atoms with Crippen molar-refractivity contribution in [3.05, 3.63) is 59.7 Å². The molecule has 7 nitrogen and oxygen atoms in total. The predicted octanol–water partition coefficient (Wildman–Crippen LogP) is 1.92. The van der Waals surface area contributed by atoms with Crippen LogP contribution in [0, 0.1) is 6.92 Å². The number of nitrogens with zero attached hydrogens (tertiary/aromatic N) is 1. The van der Waals surface area contributed by atoms with Gasteiger partial charge in [0.05, 0.1) is 18.1 Å². The second-order valence-corrected chi connectivity index (χ2v) is 8.11. The first kappa shape index (κ1) is 21.7. The Morgan fingerprint density at radius 1 is 1.03 bits per heavy atom. The van der Waals surface area contributed by atoms with Crippen LogP contribution in [0.5, 0.6) is 0 Å². The molecule has 0 unspecified atom stereocenters. The molecule has 30 heavy (non-hydrogen) atoms. The van der Waals surface area contributed by atoms with E-state index in [1.165, 1.54) is 11.8 Å². The Hall–Kier alpha value is -3.00. The molecular weight excluding hydrogens is 400 g/mol. The van der Waals surface area contributed by atoms with E-state index in [1.54, 1.807) is 0 Å². The highest BCUT2D eigenvalue weighted by Crippen LogP contribution is 2.16. The van der Waals surface area contributed by atoms with E-state index in [0.717, 1.165) is 29.0 Å². The van der Waals surface area contributed by atoms with Crippen molar-refractivity contribution in [2.45, 2.75) is 13.5 Å². The van der Waals surface area contributed by atoms with Crippen LogP contribution in [0.4, 0.5) is 11.4 Å². The summed E-state index contributed by atoms with van der Waals surface area (Å²) in [5.41, 5.74) is 3.86. The molecule has 0 radical (unpaired) electrons. The van der Waals surface area contributed by atoms with Crippen LogP contribution in [0.1, 0.15) is 11.1 Å². The van der Waals surface area contributed by atoms with Gasteiger partial charge in [-0.3, -0.25) is 14.4 Å². The number of amides is 3. The number of benzene rings is 2. The molecule has 158 valence electrons. The molecule has 1 saturated heterocycles. The predicted molar refractivity (Wildman–Crippen MR) is 121 cm³/mol. The maximum Gasteiger partial charge on any atom is 0.239 e. The van der Waals surface area contributed by atoms with E-state index in [1.807, 2.05) is 60.4 Å². The molecule has 0 spiro atoms. The van der Waals surface area contributed by atoms with Crippen LogP contribution in [-0.2, 0) is 20.9 Å². The summed E-state index contributed by atoms with van der Waals surface area (Å²) in [5, 5.41) is 8.49. The summed E-state index contributed by atoms with van der Waals surface area (Å²) in [7, 11) is 0. The van der Waals surface area contributed by atoms with Crippen LogP contribution >= 0.6 is 11.8 Å². The molecule has 1 heterocycles. The average molecular weight is 427 g/mol. The van der Waals surface area contributed by atoms with Crippen LogP contribution in [0.3, 0.4) is 0 Å². The fourth-order valence-corrected chi connectivity index (χ4v) is 3.65. The van der Waals surface area contributed by atoms with Gasteiger partial charge in [0.15, 0.2) is 0 Å². The molecule has 0 aliphatic carbocycles. The molecule has 1 aliphatic rings. The topological polar surface area (TPSA) is 90.5 Å². The van der Waals surface area contributed by atoms with Gasteiger partial charge in [-0.15, -0.1) is 11.8 Å². The molecule has 2 aromatic rings. The molecule has 8 heteroatoms. The standard InChI is InChI=1S/C22H26N4O3S/c1-16-2-6-18(7-3-16)25-22(29)15-30-14-21(28)24-12-17-4-8-19(9-5-17)26-11-10-23-20(27)13-26/h2-9H,10-15H2,1H3,(H,23,27)(H,24,28)(H,25,29). The van der Waals surface area contributed by atoms with E-state index >= 15 is 0 Å². The van der Waals surface area contributed by atoms with Gasteiger partial charge in [-0.25, -0.2) is 0 Å². The minimum absolute atomic E-state index is 0.0302. The zero-order valence-electron chi connectivity index (χ0n) is 16.9. The fourth-order valence-electron chi connectivity index (χ4n) is 3.01. The van der Waals surface area contributed by atoms with Crippen molar-refractivity contribution in [3.63, 3.8) is 0 Å². The Bertz CT molecular complexity index is 884. The third kappa shape index (κ3) is 6.81. The summed E-state index contributed by atoms with van der Waals surface area (Å²) in [6.07, 6.45) is 0. The monoisotopic (exact) mass is 426 g/mol. The van der Waals surface area contributed by atoms with E-state index in [0.29, 0.717) is 19.6 Å². The quantitative estimate of drug-likeness (QED) is 0.600. The van der Waals surface area contributed by atoms with Crippen LogP contribution in [0.15, 0.2) is 48.5 Å². The number of aryl methyl sites for hydroxylation is 1. The van der Waals surface area contributed by atoms with E-state index < -0.39 is 0 Å². The SMILES string of the molecule is Cc1ccc(NC(=O)CSCC(=O)NCc2ccc(N3CCNC(=O)C3)cc2)cc1. The lowest BCUT2D eigenvalue weighted by Gasteiger charge is -2.28. The van der Waals surface area contributed by atoms with Gasteiger partial charge in [-0.2, -0.15) is 0 Å². The maximum atomic E-state index is 12.0.